The van der Waals surface area contributed by atoms with Gasteiger partial charge in [-0.2, -0.15) is 5.10 Å². The van der Waals surface area contributed by atoms with Gasteiger partial charge in [0.15, 0.2) is 9.84 Å². The number of amides is 1. The van der Waals surface area contributed by atoms with Crippen LogP contribution in [0.3, 0.4) is 0 Å². The number of aromatic nitrogens is 2. The van der Waals surface area contributed by atoms with E-state index in [4.69, 9.17) is 0 Å². The highest BCUT2D eigenvalue weighted by atomic mass is 32.2. The Morgan fingerprint density at radius 2 is 1.73 bits per heavy atom. The van der Waals surface area contributed by atoms with Crippen LogP contribution in [0.2, 0.25) is 0 Å². The van der Waals surface area contributed by atoms with Crippen molar-refractivity contribution < 1.29 is 13.2 Å². The Bertz CT molecular complexity index is 1010. The van der Waals surface area contributed by atoms with E-state index in [9.17, 15) is 13.2 Å². The van der Waals surface area contributed by atoms with Crippen molar-refractivity contribution in [2.45, 2.75) is 17.9 Å². The molecule has 0 aliphatic carbocycles. The van der Waals surface area contributed by atoms with Crippen LogP contribution in [-0.2, 0) is 9.84 Å². The second-order valence-corrected chi connectivity index (χ2v) is 8.08. The quantitative estimate of drug-likeness (QED) is 0.723. The minimum atomic E-state index is -3.24. The van der Waals surface area contributed by atoms with Crippen LogP contribution in [0.25, 0.3) is 11.3 Å². The number of rotatable bonds is 5. The Morgan fingerprint density at radius 3 is 2.35 bits per heavy atom. The zero-order chi connectivity index (χ0) is 18.7. The normalized spacial score (nSPS) is 12.5. The maximum Gasteiger partial charge on any atom is 0.269 e. The van der Waals surface area contributed by atoms with E-state index in [0.29, 0.717) is 11.4 Å². The molecule has 1 aromatic heterocycles. The molecule has 2 aromatic carbocycles. The Kier molecular flexibility index (Phi) is 4.90. The lowest BCUT2D eigenvalue weighted by molar-refractivity contribution is 0.0935. The van der Waals surface area contributed by atoms with Gasteiger partial charge in [-0.25, -0.2) is 8.42 Å². The molecule has 0 aliphatic rings. The molecule has 0 aliphatic heterocycles. The van der Waals surface area contributed by atoms with Crippen LogP contribution >= 0.6 is 0 Å². The first-order valence-corrected chi connectivity index (χ1v) is 9.95. The molecule has 0 fully saturated rings. The molecular formula is C19H19N3O3S. The Hall–Kier alpha value is -2.93. The number of aromatic amines is 1. The maximum absolute atomic E-state index is 12.4. The molecule has 6 nitrogen and oxygen atoms in total. The van der Waals surface area contributed by atoms with Crippen molar-refractivity contribution in [1.82, 2.24) is 15.5 Å². The number of H-pyrrole nitrogens is 1. The predicted octanol–water partition coefficient (Wildman–Crippen LogP) is 2.97. The van der Waals surface area contributed by atoms with E-state index in [-0.39, 0.29) is 16.8 Å². The average molecular weight is 369 g/mol. The third-order valence-electron chi connectivity index (χ3n) is 4.05. The summed E-state index contributed by atoms with van der Waals surface area (Å²) < 4.78 is 23.0. The lowest BCUT2D eigenvalue weighted by Crippen LogP contribution is -2.27. The molecule has 1 amide bonds. The van der Waals surface area contributed by atoms with Gasteiger partial charge in [-0.05, 0) is 30.7 Å². The summed E-state index contributed by atoms with van der Waals surface area (Å²) in [6.07, 6.45) is 1.16. The minimum Gasteiger partial charge on any atom is -0.344 e. The van der Waals surface area contributed by atoms with Gasteiger partial charge in [0.1, 0.15) is 5.69 Å². The molecule has 26 heavy (non-hydrogen) atoms. The van der Waals surface area contributed by atoms with Gasteiger partial charge in [0.25, 0.3) is 5.91 Å². The highest BCUT2D eigenvalue weighted by Crippen LogP contribution is 2.19. The van der Waals surface area contributed by atoms with Crippen molar-refractivity contribution in [3.63, 3.8) is 0 Å². The van der Waals surface area contributed by atoms with Gasteiger partial charge in [-0.1, -0.05) is 42.5 Å². The first-order chi connectivity index (χ1) is 12.3. The summed E-state index contributed by atoms with van der Waals surface area (Å²) in [5.41, 5.74) is 2.80. The van der Waals surface area contributed by atoms with E-state index in [1.165, 1.54) is 12.1 Å². The maximum atomic E-state index is 12.4. The van der Waals surface area contributed by atoms with Crippen LogP contribution in [0, 0.1) is 0 Å². The number of carbonyl (C=O) groups excluding carboxylic acids is 1. The van der Waals surface area contributed by atoms with E-state index in [2.05, 4.69) is 15.5 Å². The third-order valence-corrected chi connectivity index (χ3v) is 5.18. The Morgan fingerprint density at radius 1 is 1.08 bits per heavy atom. The molecular weight excluding hydrogens is 350 g/mol. The van der Waals surface area contributed by atoms with Crippen molar-refractivity contribution in [2.24, 2.45) is 0 Å². The van der Waals surface area contributed by atoms with Crippen molar-refractivity contribution in [1.29, 1.82) is 0 Å². The second kappa shape index (κ2) is 7.13. The van der Waals surface area contributed by atoms with Crippen LogP contribution in [-0.4, -0.2) is 30.8 Å². The smallest absolute Gasteiger partial charge is 0.269 e. The lowest BCUT2D eigenvalue weighted by atomic mass is 10.1. The zero-order valence-electron chi connectivity index (χ0n) is 14.4. The first kappa shape index (κ1) is 17.9. The highest BCUT2D eigenvalue weighted by Gasteiger charge is 2.15. The third kappa shape index (κ3) is 4.00. The molecule has 134 valence electrons. The van der Waals surface area contributed by atoms with Gasteiger partial charge in [-0.3, -0.25) is 9.89 Å². The Labute approximate surface area is 152 Å². The van der Waals surface area contributed by atoms with Crippen LogP contribution in [0.1, 0.15) is 29.0 Å². The topological polar surface area (TPSA) is 91.9 Å². The zero-order valence-corrected chi connectivity index (χ0v) is 15.2. The molecule has 0 saturated carbocycles. The highest BCUT2D eigenvalue weighted by molar-refractivity contribution is 7.90. The number of nitrogens with zero attached hydrogens (tertiary/aromatic N) is 1. The van der Waals surface area contributed by atoms with Gasteiger partial charge >= 0.3 is 0 Å². The number of benzene rings is 2. The summed E-state index contributed by atoms with van der Waals surface area (Å²) in [6, 6.07) is 17.5. The molecule has 0 bridgehead atoms. The second-order valence-electron chi connectivity index (χ2n) is 6.07. The largest absolute Gasteiger partial charge is 0.344 e. The summed E-state index contributed by atoms with van der Waals surface area (Å²) in [7, 11) is -3.24. The SMILES string of the molecule is C[C@H](NC(=O)c1cc(-c2ccccc2)n[nH]1)c1ccc(S(C)(=O)=O)cc1. The van der Waals surface area contributed by atoms with Crippen molar-refractivity contribution in [2.75, 3.05) is 6.26 Å². The molecule has 0 saturated heterocycles. The van der Waals surface area contributed by atoms with Crippen molar-refractivity contribution in [3.8, 4) is 11.3 Å². The first-order valence-electron chi connectivity index (χ1n) is 8.06. The fraction of sp³-hybridized carbons (Fsp3) is 0.158. The molecule has 2 N–H and O–H groups in total. The van der Waals surface area contributed by atoms with Crippen LogP contribution in [0.5, 0.6) is 0 Å². The number of nitrogens with one attached hydrogen (secondary N) is 2. The fourth-order valence-corrected chi connectivity index (χ4v) is 3.19. The van der Waals surface area contributed by atoms with Gasteiger partial charge in [-0.15, -0.1) is 0 Å². The summed E-state index contributed by atoms with van der Waals surface area (Å²) in [6.45, 7) is 1.84. The van der Waals surface area contributed by atoms with E-state index in [1.807, 2.05) is 37.3 Å². The summed E-state index contributed by atoms with van der Waals surface area (Å²) in [5, 5.41) is 9.80. The van der Waals surface area contributed by atoms with Gasteiger partial charge in [0.05, 0.1) is 16.6 Å². The van der Waals surface area contributed by atoms with Gasteiger partial charge < -0.3 is 5.32 Å². The summed E-state index contributed by atoms with van der Waals surface area (Å²) in [5.74, 6) is -0.278. The van der Waals surface area contributed by atoms with Gasteiger partial charge in [0, 0.05) is 11.8 Å². The lowest BCUT2D eigenvalue weighted by Gasteiger charge is -2.14. The van der Waals surface area contributed by atoms with Gasteiger partial charge in [0.2, 0.25) is 0 Å². The molecule has 1 heterocycles. The fourth-order valence-electron chi connectivity index (χ4n) is 2.56. The molecule has 0 spiro atoms. The predicted molar refractivity (Wildman–Crippen MR) is 99.5 cm³/mol. The summed E-state index contributed by atoms with van der Waals surface area (Å²) >= 11 is 0. The minimum absolute atomic E-state index is 0.251. The summed E-state index contributed by atoms with van der Waals surface area (Å²) in [4.78, 5) is 12.7. The van der Waals surface area contributed by atoms with Crippen LogP contribution in [0.4, 0.5) is 0 Å². The average Bonchev–Trinajstić information content (AvgIpc) is 3.12. The molecule has 3 aromatic rings. The van der Waals surface area contributed by atoms with Crippen molar-refractivity contribution >= 4 is 15.7 Å². The molecule has 1 atom stereocenters. The van der Waals surface area contributed by atoms with E-state index in [0.717, 1.165) is 17.4 Å². The van der Waals surface area contributed by atoms with E-state index < -0.39 is 9.84 Å². The molecule has 7 heteroatoms. The number of sulfone groups is 1. The Balaban J connectivity index is 1.71. The van der Waals surface area contributed by atoms with Crippen LogP contribution in [0.15, 0.2) is 65.6 Å². The molecule has 0 unspecified atom stereocenters. The molecule has 3 rings (SSSR count). The molecule has 0 radical (unpaired) electrons. The standard InChI is InChI=1S/C19H19N3O3S/c1-13(14-8-10-16(11-9-14)26(2,24)25)20-19(23)18-12-17(21-22-18)15-6-4-3-5-7-15/h3-13H,1-2H3,(H,20,23)(H,21,22)/t13-/m0/s1. The van der Waals surface area contributed by atoms with E-state index in [1.54, 1.807) is 18.2 Å². The number of hydrogen-bond donors (Lipinski definition) is 2. The number of hydrogen-bond acceptors (Lipinski definition) is 4. The van der Waals surface area contributed by atoms with Crippen LogP contribution < -0.4 is 5.32 Å². The van der Waals surface area contributed by atoms with E-state index >= 15 is 0 Å². The number of carbonyl (C=O) groups is 1. The monoisotopic (exact) mass is 369 g/mol. The van der Waals surface area contributed by atoms with Crippen molar-refractivity contribution in [3.05, 3.63) is 71.9 Å².